The molecule has 0 heterocycles. The molecule has 1 aromatic carbocycles. The Hall–Kier alpha value is 0.0834. The summed E-state index contributed by atoms with van der Waals surface area (Å²) in [6.45, 7) is 2.24. The van der Waals surface area contributed by atoms with E-state index >= 15 is 0 Å². The van der Waals surface area contributed by atoms with E-state index in [1.807, 2.05) is 0 Å². The molecule has 17 heavy (non-hydrogen) atoms. The van der Waals surface area contributed by atoms with Crippen molar-refractivity contribution >= 4 is 28.3 Å². The van der Waals surface area contributed by atoms with E-state index < -0.39 is 0 Å². The first-order valence-corrected chi connectivity index (χ1v) is 7.01. The maximum atomic E-state index is 5.47. The van der Waals surface area contributed by atoms with Crippen LogP contribution in [0.25, 0.3) is 0 Å². The van der Waals surface area contributed by atoms with E-state index in [1.54, 1.807) is 0 Å². The van der Waals surface area contributed by atoms with Crippen LogP contribution in [0, 0.1) is 0 Å². The number of unbranched alkanes of at least 4 members (excludes halogenated alkanes) is 3. The molecule has 0 saturated heterocycles. The molecule has 0 saturated carbocycles. The van der Waals surface area contributed by atoms with Gasteiger partial charge in [-0.2, -0.15) is 0 Å². The minimum Gasteiger partial charge on any atom is -0.384 e. The van der Waals surface area contributed by atoms with Gasteiger partial charge in [0.05, 0.1) is 0 Å². The topological polar surface area (TPSA) is 26.0 Å². The zero-order chi connectivity index (χ0) is 11.8. The molecule has 0 unspecified atom stereocenters. The van der Waals surface area contributed by atoms with Crippen molar-refractivity contribution < 1.29 is 19.5 Å². The molecule has 0 radical (unpaired) electrons. The monoisotopic (exact) mass is 317 g/mol. The molecule has 1 aromatic rings. The second-order valence-electron chi connectivity index (χ2n) is 3.88. The van der Waals surface area contributed by atoms with Gasteiger partial charge in [0.15, 0.2) is 0 Å². The summed E-state index contributed by atoms with van der Waals surface area (Å²) in [6.07, 6.45) is 6.44. The summed E-state index contributed by atoms with van der Waals surface area (Å²) in [5.74, 6) is 0. The summed E-state index contributed by atoms with van der Waals surface area (Å²) in [4.78, 5) is 1.13. The zero-order valence-electron chi connectivity index (χ0n) is 10.4. The fourth-order valence-corrected chi connectivity index (χ4v) is 2.39. The number of hydrogen-bond donors (Lipinski definition) is 1. The van der Waals surface area contributed by atoms with Crippen LogP contribution >= 0.6 is 24.0 Å². The molecule has 4 heteroatoms. The van der Waals surface area contributed by atoms with Crippen LogP contribution in [0.5, 0.6) is 0 Å². The summed E-state index contributed by atoms with van der Waals surface area (Å²) in [5, 5.41) is 0. The van der Waals surface area contributed by atoms with Crippen LogP contribution in [0.3, 0.4) is 0 Å². The number of thioether (sulfide) groups is 1. The van der Waals surface area contributed by atoms with Crippen LogP contribution < -0.4 is 5.73 Å². The van der Waals surface area contributed by atoms with E-state index in [4.69, 9.17) is 18.0 Å². The van der Waals surface area contributed by atoms with E-state index in [0.29, 0.717) is 4.32 Å². The van der Waals surface area contributed by atoms with Crippen molar-refractivity contribution in [2.75, 3.05) is 0 Å². The smallest absolute Gasteiger partial charge is 0.135 e. The predicted octanol–water partition coefficient (Wildman–Crippen LogP) is 4.14. The second-order valence-corrected chi connectivity index (χ2v) is 5.69. The largest absolute Gasteiger partial charge is 0.384 e. The maximum absolute atomic E-state index is 5.47. The molecule has 2 N–H and O–H groups in total. The molecular weight excluding hydrogens is 300 g/mol. The van der Waals surface area contributed by atoms with Crippen LogP contribution in [0.4, 0.5) is 0 Å². The quantitative estimate of drug-likeness (QED) is 0.369. The van der Waals surface area contributed by atoms with Crippen LogP contribution in [0.1, 0.15) is 38.2 Å². The third-order valence-corrected chi connectivity index (χ3v) is 3.42. The number of hydrogen-bond acceptors (Lipinski definition) is 2. The van der Waals surface area contributed by atoms with E-state index in [1.165, 1.54) is 49.4 Å². The summed E-state index contributed by atoms with van der Waals surface area (Å²) < 4.78 is 0.482. The van der Waals surface area contributed by atoms with Crippen LogP contribution in [0.15, 0.2) is 29.2 Å². The normalized spacial score (nSPS) is 9.71. The first-order chi connectivity index (χ1) is 7.72. The Bertz CT molecular complexity index is 325. The van der Waals surface area contributed by atoms with E-state index in [9.17, 15) is 0 Å². The van der Waals surface area contributed by atoms with E-state index in [0.717, 1.165) is 4.90 Å². The summed E-state index contributed by atoms with van der Waals surface area (Å²) >= 11 is 6.30. The first-order valence-electron chi connectivity index (χ1n) is 5.78. The molecule has 0 spiro atoms. The Morgan fingerprint density at radius 3 is 2.35 bits per heavy atom. The fraction of sp³-hybridized carbons (Fsp3) is 0.462. The minimum atomic E-state index is 0. The van der Waals surface area contributed by atoms with Gasteiger partial charge in [-0.25, -0.2) is 0 Å². The van der Waals surface area contributed by atoms with Gasteiger partial charge in [0.1, 0.15) is 4.32 Å². The third-order valence-electron chi connectivity index (χ3n) is 2.46. The Kier molecular flexibility index (Phi) is 10.1. The standard InChI is InChI=1S/C13H19NS2.Zn/c1-2-3-4-5-6-11-7-9-12(10-8-11)16-13(14)15;/h7-10H,2-6H2,1H3,(H2,14,15);. The molecule has 0 atom stereocenters. The molecule has 0 bridgehead atoms. The van der Waals surface area contributed by atoms with Crippen molar-refractivity contribution in [3.8, 4) is 0 Å². The van der Waals surface area contributed by atoms with Crippen molar-refractivity contribution in [3.63, 3.8) is 0 Å². The molecule has 1 nitrogen and oxygen atoms in total. The van der Waals surface area contributed by atoms with Crippen molar-refractivity contribution in [1.29, 1.82) is 0 Å². The number of benzene rings is 1. The van der Waals surface area contributed by atoms with Gasteiger partial charge < -0.3 is 5.73 Å². The SMILES string of the molecule is CCCCCCc1ccc(SC(N)=S)cc1.[Zn]. The Labute approximate surface area is 127 Å². The van der Waals surface area contributed by atoms with Gasteiger partial charge in [-0.05, 0) is 30.5 Å². The van der Waals surface area contributed by atoms with Crippen molar-refractivity contribution in [2.24, 2.45) is 5.73 Å². The molecular formula is C13H19NS2Zn. The van der Waals surface area contributed by atoms with Crippen molar-refractivity contribution in [1.82, 2.24) is 0 Å². The number of rotatable bonds is 6. The third kappa shape index (κ3) is 7.91. The summed E-state index contributed by atoms with van der Waals surface area (Å²) in [7, 11) is 0. The average Bonchev–Trinajstić information content (AvgIpc) is 2.26. The molecule has 0 aromatic heterocycles. The average molecular weight is 319 g/mol. The minimum absolute atomic E-state index is 0. The van der Waals surface area contributed by atoms with Gasteiger partial charge in [-0.3, -0.25) is 0 Å². The number of nitrogens with two attached hydrogens (primary N) is 1. The van der Waals surface area contributed by atoms with Gasteiger partial charge >= 0.3 is 0 Å². The van der Waals surface area contributed by atoms with Gasteiger partial charge in [-0.1, -0.05) is 62.3 Å². The van der Waals surface area contributed by atoms with Gasteiger partial charge in [0.2, 0.25) is 0 Å². The van der Waals surface area contributed by atoms with Gasteiger partial charge in [0, 0.05) is 24.4 Å². The molecule has 0 amide bonds. The zero-order valence-corrected chi connectivity index (χ0v) is 15.0. The van der Waals surface area contributed by atoms with E-state index in [-0.39, 0.29) is 19.5 Å². The Morgan fingerprint density at radius 1 is 1.18 bits per heavy atom. The van der Waals surface area contributed by atoms with Crippen LogP contribution in [0.2, 0.25) is 0 Å². The molecule has 0 fully saturated rings. The van der Waals surface area contributed by atoms with Crippen LogP contribution in [-0.4, -0.2) is 4.32 Å². The fourth-order valence-electron chi connectivity index (χ4n) is 1.60. The second kappa shape index (κ2) is 10.0. The van der Waals surface area contributed by atoms with Gasteiger partial charge in [-0.15, -0.1) is 0 Å². The Morgan fingerprint density at radius 2 is 1.82 bits per heavy atom. The molecule has 90 valence electrons. The Balaban J connectivity index is 0.00000256. The molecule has 0 aliphatic rings. The van der Waals surface area contributed by atoms with E-state index in [2.05, 4.69) is 31.2 Å². The molecule has 1 rings (SSSR count). The van der Waals surface area contributed by atoms with Crippen molar-refractivity contribution in [3.05, 3.63) is 29.8 Å². The number of aryl methyl sites for hydroxylation is 1. The van der Waals surface area contributed by atoms with Crippen molar-refractivity contribution in [2.45, 2.75) is 43.9 Å². The molecule has 0 aliphatic carbocycles. The molecule has 0 aliphatic heterocycles. The summed E-state index contributed by atoms with van der Waals surface area (Å²) in [5.41, 5.74) is 6.88. The predicted molar refractivity (Wildman–Crippen MR) is 76.9 cm³/mol. The van der Waals surface area contributed by atoms with Crippen LogP contribution in [-0.2, 0) is 25.9 Å². The first kappa shape index (κ1) is 17.1. The number of thiocarbonyl (C=S) groups is 1. The summed E-state index contributed by atoms with van der Waals surface area (Å²) in [6, 6.07) is 8.54. The maximum Gasteiger partial charge on any atom is 0.135 e. The van der Waals surface area contributed by atoms with Gasteiger partial charge in [0.25, 0.3) is 0 Å².